The molecule has 2 nitrogen and oxygen atoms in total. The molecule has 0 aliphatic heterocycles. The Morgan fingerprint density at radius 3 is 2.10 bits per heavy atom. The Kier molecular flexibility index (Phi) is 5.97. The number of hydrogen-bond donors (Lipinski definition) is 0. The maximum atomic E-state index is 5.55. The lowest BCUT2D eigenvalue weighted by molar-refractivity contribution is 0.224. The van der Waals surface area contributed by atoms with Crippen LogP contribution in [0.1, 0.15) is 27.7 Å². The highest BCUT2D eigenvalue weighted by Crippen LogP contribution is 1.89. The Balaban J connectivity index is 3.26. The molecule has 0 radical (unpaired) electrons. The van der Waals surface area contributed by atoms with Crippen molar-refractivity contribution in [1.82, 2.24) is 4.57 Å². The fourth-order valence-electron chi connectivity index (χ4n) is 0.661. The second-order valence-corrected chi connectivity index (χ2v) is 4.13. The number of hydrogen-bond acceptors (Lipinski definition) is 2. The van der Waals surface area contributed by atoms with Gasteiger partial charge in [0.2, 0.25) is 9.92 Å². The van der Waals surface area contributed by atoms with Gasteiger partial charge in [-0.1, -0.05) is 13.8 Å². The van der Waals surface area contributed by atoms with Gasteiger partial charge >= 0.3 is 0 Å². The summed E-state index contributed by atoms with van der Waals surface area (Å²) < 4.78 is 7.94. The van der Waals surface area contributed by atoms with Crippen LogP contribution in [0.15, 0.2) is 0 Å². The Labute approximate surface area is 66.6 Å². The Hall–Kier alpha value is 0.137. The van der Waals surface area contributed by atoms with Crippen molar-refractivity contribution >= 4 is 9.92 Å². The molecule has 0 rings (SSSR count). The molecule has 0 aliphatic carbocycles. The normalized spacial score (nSPS) is 12.6. The van der Waals surface area contributed by atoms with E-state index in [1.54, 1.807) is 0 Å². The van der Waals surface area contributed by atoms with Crippen molar-refractivity contribution in [3.63, 3.8) is 0 Å². The minimum absolute atomic E-state index is 0.389. The maximum absolute atomic E-state index is 5.55. The van der Waals surface area contributed by atoms with E-state index in [0.717, 1.165) is 13.1 Å². The molecule has 0 aromatic heterocycles. The predicted octanol–water partition coefficient (Wildman–Crippen LogP) is 0.752. The van der Waals surface area contributed by atoms with Crippen LogP contribution in [0.5, 0.6) is 0 Å². The summed E-state index contributed by atoms with van der Waals surface area (Å²) in [6.07, 6.45) is 0.410. The summed E-state index contributed by atoms with van der Waals surface area (Å²) >= 11 is 0. The van der Waals surface area contributed by atoms with Gasteiger partial charge in [0.15, 0.2) is 0 Å². The first-order chi connectivity index (χ1) is 4.70. The first kappa shape index (κ1) is 10.1. The minimum Gasteiger partial charge on any atom is -0.406 e. The van der Waals surface area contributed by atoms with E-state index in [9.17, 15) is 0 Å². The van der Waals surface area contributed by atoms with Crippen molar-refractivity contribution in [2.75, 3.05) is 13.1 Å². The van der Waals surface area contributed by atoms with Crippen LogP contribution < -0.4 is 0 Å². The third-order valence-corrected chi connectivity index (χ3v) is 3.56. The highest BCUT2D eigenvalue weighted by Gasteiger charge is 2.00. The van der Waals surface area contributed by atoms with E-state index in [2.05, 4.69) is 32.3 Å². The summed E-state index contributed by atoms with van der Waals surface area (Å²) in [4.78, 5) is 0. The topological polar surface area (TPSA) is 12.5 Å². The van der Waals surface area contributed by atoms with Gasteiger partial charge in [0.1, 0.15) is 0 Å². The lowest BCUT2D eigenvalue weighted by atomic mass is 10.5. The highest BCUT2D eigenvalue weighted by molar-refractivity contribution is 6.23. The van der Waals surface area contributed by atoms with Gasteiger partial charge in [-0.15, -0.1) is 0 Å². The van der Waals surface area contributed by atoms with Crippen molar-refractivity contribution in [1.29, 1.82) is 0 Å². The molecule has 0 fully saturated rings. The van der Waals surface area contributed by atoms with Gasteiger partial charge in [-0.05, 0) is 26.9 Å². The van der Waals surface area contributed by atoms with Gasteiger partial charge in [-0.2, -0.15) is 0 Å². The molecule has 0 N–H and O–H groups in total. The van der Waals surface area contributed by atoms with E-state index in [1.165, 1.54) is 0 Å². The fraction of sp³-hybridized carbons (Fsp3) is 1.00. The van der Waals surface area contributed by atoms with Crippen LogP contribution in [0.25, 0.3) is 0 Å². The van der Waals surface area contributed by atoms with Gasteiger partial charge in [-0.3, -0.25) is 0 Å². The smallest absolute Gasteiger partial charge is 0.238 e. The summed E-state index contributed by atoms with van der Waals surface area (Å²) in [6, 6.07) is 0. The fourth-order valence-corrected chi connectivity index (χ4v) is 1.53. The zero-order valence-corrected chi connectivity index (χ0v) is 8.97. The second-order valence-electron chi connectivity index (χ2n) is 2.65. The average Bonchev–Trinajstić information content (AvgIpc) is 1.90. The van der Waals surface area contributed by atoms with Gasteiger partial charge in [-0.25, -0.2) is 0 Å². The Morgan fingerprint density at radius 1 is 1.30 bits per heavy atom. The largest absolute Gasteiger partial charge is 0.406 e. The summed E-state index contributed by atoms with van der Waals surface area (Å²) in [5.74, 6) is 0. The first-order valence-electron chi connectivity index (χ1n) is 4.04. The molecule has 62 valence electrons. The van der Waals surface area contributed by atoms with Gasteiger partial charge in [0, 0.05) is 6.10 Å². The summed E-state index contributed by atoms with van der Waals surface area (Å²) in [5, 5.41) is 0. The van der Waals surface area contributed by atoms with Gasteiger partial charge < -0.3 is 8.99 Å². The SMILES string of the molecule is CCN(CC)[SiH2]OC(C)C. The molecule has 0 bridgehead atoms. The third-order valence-electron chi connectivity index (χ3n) is 1.48. The van der Waals surface area contributed by atoms with E-state index in [1.807, 2.05) is 0 Å². The minimum atomic E-state index is -0.389. The molecular formula is C7H19NOSi. The standard InChI is InChI=1S/C7H19NOSi/c1-5-8(6-2)10-9-7(3)4/h7H,5-6,10H2,1-4H3. The summed E-state index contributed by atoms with van der Waals surface area (Å²) in [6.45, 7) is 10.8. The van der Waals surface area contributed by atoms with E-state index in [-0.39, 0.29) is 9.92 Å². The molecule has 10 heavy (non-hydrogen) atoms. The van der Waals surface area contributed by atoms with E-state index in [4.69, 9.17) is 4.43 Å². The van der Waals surface area contributed by atoms with Crippen molar-refractivity contribution in [3.8, 4) is 0 Å². The second kappa shape index (κ2) is 5.89. The van der Waals surface area contributed by atoms with Gasteiger partial charge in [0.25, 0.3) is 0 Å². The lowest BCUT2D eigenvalue weighted by Crippen LogP contribution is -2.30. The molecule has 0 aromatic carbocycles. The lowest BCUT2D eigenvalue weighted by Gasteiger charge is -2.18. The molecule has 0 unspecified atom stereocenters. The molecule has 0 aliphatic rings. The highest BCUT2D eigenvalue weighted by atomic mass is 28.2. The van der Waals surface area contributed by atoms with Crippen LogP contribution in [0, 0.1) is 0 Å². The van der Waals surface area contributed by atoms with Crippen LogP contribution in [-0.2, 0) is 4.43 Å². The number of rotatable bonds is 5. The molecule has 0 aromatic rings. The van der Waals surface area contributed by atoms with Crippen LogP contribution >= 0.6 is 0 Å². The maximum Gasteiger partial charge on any atom is 0.238 e. The molecule has 3 heteroatoms. The van der Waals surface area contributed by atoms with Gasteiger partial charge in [0.05, 0.1) is 0 Å². The van der Waals surface area contributed by atoms with Crippen LogP contribution in [-0.4, -0.2) is 33.7 Å². The van der Waals surface area contributed by atoms with Crippen molar-refractivity contribution in [2.45, 2.75) is 33.8 Å². The monoisotopic (exact) mass is 161 g/mol. The molecule has 0 saturated carbocycles. The summed E-state index contributed by atoms with van der Waals surface area (Å²) in [5.41, 5.74) is 0. The van der Waals surface area contributed by atoms with E-state index in [0.29, 0.717) is 6.10 Å². The van der Waals surface area contributed by atoms with Crippen LogP contribution in [0.4, 0.5) is 0 Å². The zero-order valence-electron chi connectivity index (χ0n) is 7.55. The average molecular weight is 161 g/mol. The van der Waals surface area contributed by atoms with Crippen LogP contribution in [0.3, 0.4) is 0 Å². The molecule has 0 atom stereocenters. The molecule has 0 amide bonds. The van der Waals surface area contributed by atoms with Crippen molar-refractivity contribution in [2.24, 2.45) is 0 Å². The molecule has 0 heterocycles. The molecule has 0 spiro atoms. The number of nitrogens with zero attached hydrogens (tertiary/aromatic N) is 1. The predicted molar refractivity (Wildman–Crippen MR) is 47.7 cm³/mol. The van der Waals surface area contributed by atoms with Crippen molar-refractivity contribution in [3.05, 3.63) is 0 Å². The summed E-state index contributed by atoms with van der Waals surface area (Å²) in [7, 11) is -0.389. The van der Waals surface area contributed by atoms with Crippen LogP contribution in [0.2, 0.25) is 0 Å². The van der Waals surface area contributed by atoms with E-state index >= 15 is 0 Å². The third kappa shape index (κ3) is 4.96. The van der Waals surface area contributed by atoms with E-state index < -0.39 is 0 Å². The Bertz CT molecular complexity index is 74.0. The first-order valence-corrected chi connectivity index (χ1v) is 5.25. The van der Waals surface area contributed by atoms with Crippen molar-refractivity contribution < 1.29 is 4.43 Å². The quantitative estimate of drug-likeness (QED) is 0.552. The zero-order chi connectivity index (χ0) is 7.98. The Morgan fingerprint density at radius 2 is 1.80 bits per heavy atom. The molecular weight excluding hydrogens is 142 g/mol. The molecule has 0 saturated heterocycles.